The van der Waals surface area contributed by atoms with Crippen LogP contribution in [0.3, 0.4) is 0 Å². The maximum Gasteiger partial charge on any atom is 0.155 e. The number of Topliss-reactive ketones (excluding diaryl/α,β-unsaturated/α-hetero) is 1. The molecule has 0 unspecified atom stereocenters. The van der Waals surface area contributed by atoms with Crippen molar-refractivity contribution in [3.05, 3.63) is 12.7 Å². The molecule has 2 aliphatic heterocycles. The summed E-state index contributed by atoms with van der Waals surface area (Å²) in [7, 11) is 0. The first-order chi connectivity index (χ1) is 9.80. The molecule has 2 saturated heterocycles. The van der Waals surface area contributed by atoms with Crippen LogP contribution in [-0.2, 0) is 25.2 Å². The molecule has 1 radical (unpaired) electrons. The molecular formula is C20H36N2ORe-2. The monoisotopic (exact) mass is 507 g/mol. The van der Waals surface area contributed by atoms with Gasteiger partial charge >= 0.3 is 0 Å². The fraction of sp³-hybridized carbons (Fsp3) is 0.900. The number of rotatable bonds is 1. The summed E-state index contributed by atoms with van der Waals surface area (Å²) in [4.78, 5) is 15.6. The number of ketones is 1. The van der Waals surface area contributed by atoms with Crippen molar-refractivity contribution < 1.29 is 25.2 Å². The van der Waals surface area contributed by atoms with E-state index in [9.17, 15) is 4.79 Å². The fourth-order valence-corrected chi connectivity index (χ4v) is 5.44. The molecule has 0 N–H and O–H groups in total. The second kappa shape index (κ2) is 5.88. The van der Waals surface area contributed by atoms with Crippen molar-refractivity contribution >= 4 is 5.78 Å². The van der Waals surface area contributed by atoms with E-state index in [1.807, 2.05) is 0 Å². The molecule has 2 spiro atoms. The van der Waals surface area contributed by atoms with Gasteiger partial charge < -0.3 is 12.7 Å². The minimum atomic E-state index is -0.268. The van der Waals surface area contributed by atoms with Gasteiger partial charge in [-0.3, -0.25) is 9.69 Å². The molecule has 2 heterocycles. The van der Waals surface area contributed by atoms with Crippen molar-refractivity contribution in [3.8, 4) is 0 Å². The Morgan fingerprint density at radius 1 is 1.04 bits per heavy atom. The van der Waals surface area contributed by atoms with E-state index in [-0.39, 0.29) is 44.8 Å². The first-order valence-corrected chi connectivity index (χ1v) is 8.75. The number of likely N-dealkylation sites (tertiary alicyclic amines) is 1. The summed E-state index contributed by atoms with van der Waals surface area (Å²) in [6.45, 7) is 20.8. The molecule has 0 bridgehead atoms. The molecule has 24 heavy (non-hydrogen) atoms. The molecule has 3 nitrogen and oxygen atoms in total. The van der Waals surface area contributed by atoms with Crippen LogP contribution < -0.4 is 0 Å². The summed E-state index contributed by atoms with van der Waals surface area (Å²) < 4.78 is 0. The van der Waals surface area contributed by atoms with E-state index in [1.165, 1.54) is 0 Å². The summed E-state index contributed by atoms with van der Waals surface area (Å²) in [5, 5.41) is 4.55. The summed E-state index contributed by atoms with van der Waals surface area (Å²) in [5.41, 5.74) is 0.751. The molecule has 3 fully saturated rings. The molecule has 0 aromatic rings. The van der Waals surface area contributed by atoms with Gasteiger partial charge in [0.1, 0.15) is 0 Å². The molecule has 0 aromatic carbocycles. The van der Waals surface area contributed by atoms with Gasteiger partial charge in [0.05, 0.1) is 6.04 Å². The zero-order chi connectivity index (χ0) is 16.8. The van der Waals surface area contributed by atoms with Crippen LogP contribution >= 0.6 is 0 Å². The minimum absolute atomic E-state index is 0. The van der Waals surface area contributed by atoms with Gasteiger partial charge in [-0.05, 0) is 38.0 Å². The van der Waals surface area contributed by atoms with Crippen LogP contribution in [0.25, 0.3) is 5.32 Å². The summed E-state index contributed by atoms with van der Waals surface area (Å²) in [5.74, 6) is 0.411. The zero-order valence-electron chi connectivity index (χ0n) is 17.1. The Kier molecular flexibility index (Phi) is 5.46. The fourth-order valence-electron chi connectivity index (χ4n) is 5.44. The van der Waals surface area contributed by atoms with Gasteiger partial charge in [-0.25, -0.2) is 0 Å². The van der Waals surface area contributed by atoms with Crippen LogP contribution in [-0.4, -0.2) is 41.9 Å². The van der Waals surface area contributed by atoms with Gasteiger partial charge in [0.2, 0.25) is 0 Å². The first kappa shape index (κ1) is 22.3. The zero-order valence-corrected chi connectivity index (χ0v) is 19.8. The number of carbonyl (C=O) groups is 1. The molecule has 1 aliphatic carbocycles. The van der Waals surface area contributed by atoms with Gasteiger partial charge in [-0.2, -0.15) is 0 Å². The number of hydrogen-bond acceptors (Lipinski definition) is 2. The molecule has 3 rings (SSSR count). The molecule has 0 amide bonds. The van der Waals surface area contributed by atoms with E-state index in [0.29, 0.717) is 22.0 Å². The smallest absolute Gasteiger partial charge is 0.155 e. The average molecular weight is 507 g/mol. The van der Waals surface area contributed by atoms with E-state index in [2.05, 4.69) is 65.6 Å². The van der Waals surface area contributed by atoms with E-state index in [1.54, 1.807) is 0 Å². The van der Waals surface area contributed by atoms with E-state index < -0.39 is 0 Å². The van der Waals surface area contributed by atoms with Gasteiger partial charge in [0.15, 0.2) is 5.78 Å². The van der Waals surface area contributed by atoms with Gasteiger partial charge in [0.25, 0.3) is 0 Å². The topological polar surface area (TPSA) is 34.4 Å². The first-order valence-electron chi connectivity index (χ1n) is 8.75. The Morgan fingerprint density at radius 3 is 1.83 bits per heavy atom. The minimum Gasteiger partial charge on any atom is -0.661 e. The third-order valence-corrected chi connectivity index (χ3v) is 7.27. The summed E-state index contributed by atoms with van der Waals surface area (Å²) >= 11 is 0. The molecule has 141 valence electrons. The standard InChI is InChI=1S/C19H33N2O.CH3.Re/c1-15(2,3)14(22)13-9-18(12-21(13)16(4,5)6)17(7,8)19(18)10-20-11-19;;/h13H,9-12H2,1-8H3;1H3;/q2*-1;/t13-,18+;;/m0../s1. The largest absolute Gasteiger partial charge is 0.661 e. The second-order valence-electron chi connectivity index (χ2n) is 10.5. The maximum absolute atomic E-state index is 13.1. The van der Waals surface area contributed by atoms with Gasteiger partial charge in [-0.1, -0.05) is 40.0 Å². The van der Waals surface area contributed by atoms with Crippen molar-refractivity contribution in [3.63, 3.8) is 0 Å². The third-order valence-electron chi connectivity index (χ3n) is 7.27. The average Bonchev–Trinajstić information content (AvgIpc) is 2.58. The Morgan fingerprint density at radius 2 is 1.54 bits per heavy atom. The normalized spacial score (nSPS) is 33.6. The summed E-state index contributed by atoms with van der Waals surface area (Å²) in [6, 6.07) is 0.0687. The Labute approximate surface area is 163 Å². The quantitative estimate of drug-likeness (QED) is 0.497. The van der Waals surface area contributed by atoms with Crippen molar-refractivity contribution in [2.45, 2.75) is 73.4 Å². The summed E-state index contributed by atoms with van der Waals surface area (Å²) in [6.07, 6.45) is 1.03. The van der Waals surface area contributed by atoms with Crippen molar-refractivity contribution in [2.75, 3.05) is 19.6 Å². The van der Waals surface area contributed by atoms with Crippen LogP contribution in [0.1, 0.15) is 61.8 Å². The van der Waals surface area contributed by atoms with Crippen LogP contribution in [0.4, 0.5) is 0 Å². The van der Waals surface area contributed by atoms with Crippen LogP contribution in [0.5, 0.6) is 0 Å². The molecular weight excluding hydrogens is 470 g/mol. The predicted molar refractivity (Wildman–Crippen MR) is 97.5 cm³/mol. The molecule has 3 aliphatic rings. The van der Waals surface area contributed by atoms with Crippen molar-refractivity contribution in [2.24, 2.45) is 21.7 Å². The number of hydrogen-bond donors (Lipinski definition) is 0. The Bertz CT molecular complexity index is 511. The molecule has 1 saturated carbocycles. The Balaban J connectivity index is 0.00000144. The van der Waals surface area contributed by atoms with E-state index in [0.717, 1.165) is 26.1 Å². The number of nitrogens with zero attached hydrogens (tertiary/aromatic N) is 2. The maximum atomic E-state index is 13.1. The van der Waals surface area contributed by atoms with Crippen LogP contribution in [0.15, 0.2) is 0 Å². The van der Waals surface area contributed by atoms with E-state index in [4.69, 9.17) is 0 Å². The molecule has 4 heteroatoms. The van der Waals surface area contributed by atoms with Crippen LogP contribution in [0.2, 0.25) is 0 Å². The predicted octanol–water partition coefficient (Wildman–Crippen LogP) is 4.32. The molecule has 2 atom stereocenters. The van der Waals surface area contributed by atoms with E-state index >= 15 is 0 Å². The Hall–Kier alpha value is 0.252. The number of fused-ring (bicyclic) bond motifs is 1. The van der Waals surface area contributed by atoms with Crippen molar-refractivity contribution in [1.82, 2.24) is 4.90 Å². The SMILES string of the molecule is CC(C)(C)C(=O)[C@@H]1C[C@@]2(CN1C(C)(C)C)C(C)(C)C21C[N-]C1.[CH3-].[Re]. The van der Waals surface area contributed by atoms with Crippen molar-refractivity contribution in [1.29, 1.82) is 0 Å². The molecule has 0 aromatic heterocycles. The third kappa shape index (κ3) is 2.51. The number of carbonyl (C=O) groups excluding carboxylic acids is 1. The second-order valence-corrected chi connectivity index (χ2v) is 10.5. The van der Waals surface area contributed by atoms with Crippen LogP contribution in [0, 0.1) is 29.1 Å². The van der Waals surface area contributed by atoms with Gasteiger partial charge in [0, 0.05) is 37.9 Å². The van der Waals surface area contributed by atoms with Gasteiger partial charge in [-0.15, -0.1) is 13.1 Å².